The minimum Gasteiger partial charge on any atom is -0.495 e. The van der Waals surface area contributed by atoms with Crippen LogP contribution < -0.4 is 10.3 Å². The van der Waals surface area contributed by atoms with Gasteiger partial charge in [-0.05, 0) is 13.0 Å². The maximum atomic E-state index is 11.5. The van der Waals surface area contributed by atoms with Gasteiger partial charge in [0.15, 0.2) is 5.56 Å². The fraction of sp³-hybridized carbons (Fsp3) is 0.333. The number of rotatable bonds is 2. The lowest BCUT2D eigenvalue weighted by Crippen LogP contribution is -2.21. The third-order valence-corrected chi connectivity index (χ3v) is 1.80. The summed E-state index contributed by atoms with van der Waals surface area (Å²) in [4.78, 5) is 11.5. The van der Waals surface area contributed by atoms with Crippen LogP contribution in [0.1, 0.15) is 12.5 Å². The van der Waals surface area contributed by atoms with E-state index >= 15 is 0 Å². The molecule has 0 aliphatic carbocycles. The molecule has 1 aromatic heterocycles. The van der Waals surface area contributed by atoms with Gasteiger partial charge in [-0.15, -0.1) is 0 Å². The normalized spacial score (nSPS) is 9.31. The fourth-order valence-electron chi connectivity index (χ4n) is 1.08. The molecular formula is C9H10N2O2. The molecule has 0 saturated heterocycles. The lowest BCUT2D eigenvalue weighted by atomic mass is 10.2. The zero-order chi connectivity index (χ0) is 9.84. The van der Waals surface area contributed by atoms with Crippen molar-refractivity contribution in [3.8, 4) is 11.8 Å². The Bertz CT molecular complexity index is 401. The van der Waals surface area contributed by atoms with Gasteiger partial charge in [-0.1, -0.05) is 0 Å². The van der Waals surface area contributed by atoms with Gasteiger partial charge < -0.3 is 9.30 Å². The predicted octanol–water partition coefficient (Wildman–Crippen LogP) is 0.748. The van der Waals surface area contributed by atoms with E-state index in [4.69, 9.17) is 10.00 Å². The summed E-state index contributed by atoms with van der Waals surface area (Å²) in [6.07, 6.45) is 1.61. The van der Waals surface area contributed by atoms with Crippen molar-refractivity contribution in [1.29, 1.82) is 5.26 Å². The van der Waals surface area contributed by atoms with Crippen LogP contribution >= 0.6 is 0 Å². The van der Waals surface area contributed by atoms with Crippen molar-refractivity contribution >= 4 is 0 Å². The van der Waals surface area contributed by atoms with Crippen molar-refractivity contribution in [3.05, 3.63) is 28.2 Å². The average Bonchev–Trinajstić information content (AvgIpc) is 2.17. The second-order valence-corrected chi connectivity index (χ2v) is 2.46. The number of aryl methyl sites for hydroxylation is 1. The third-order valence-electron chi connectivity index (χ3n) is 1.80. The summed E-state index contributed by atoms with van der Waals surface area (Å²) in [5.41, 5.74) is -0.240. The van der Waals surface area contributed by atoms with Gasteiger partial charge in [0, 0.05) is 12.7 Å². The number of nitriles is 1. The van der Waals surface area contributed by atoms with Gasteiger partial charge in [0.25, 0.3) is 5.56 Å². The number of aromatic nitrogens is 1. The summed E-state index contributed by atoms with van der Waals surface area (Å²) in [6.45, 7) is 2.40. The quantitative estimate of drug-likeness (QED) is 0.671. The summed E-state index contributed by atoms with van der Waals surface area (Å²) >= 11 is 0. The summed E-state index contributed by atoms with van der Waals surface area (Å²) < 4.78 is 6.34. The van der Waals surface area contributed by atoms with E-state index in [1.807, 2.05) is 13.0 Å². The molecule has 0 N–H and O–H groups in total. The molecular weight excluding hydrogens is 168 g/mol. The molecule has 0 bridgehead atoms. The Morgan fingerprint density at radius 2 is 2.38 bits per heavy atom. The SMILES string of the molecule is CCn1ccc(OC)c(C#N)c1=O. The molecule has 0 amide bonds. The molecule has 68 valence electrons. The number of methoxy groups -OCH3 is 1. The van der Waals surface area contributed by atoms with Gasteiger partial charge in [0.2, 0.25) is 0 Å². The predicted molar refractivity (Wildman–Crippen MR) is 47.6 cm³/mol. The second-order valence-electron chi connectivity index (χ2n) is 2.46. The lowest BCUT2D eigenvalue weighted by Gasteiger charge is -2.05. The highest BCUT2D eigenvalue weighted by atomic mass is 16.5. The Labute approximate surface area is 76.0 Å². The highest BCUT2D eigenvalue weighted by Gasteiger charge is 2.08. The first-order valence-corrected chi connectivity index (χ1v) is 3.92. The van der Waals surface area contributed by atoms with Gasteiger partial charge in [0.1, 0.15) is 11.8 Å². The molecule has 0 unspecified atom stereocenters. The summed E-state index contributed by atoms with van der Waals surface area (Å²) in [5.74, 6) is 0.331. The van der Waals surface area contributed by atoms with Gasteiger partial charge in [-0.25, -0.2) is 0 Å². The van der Waals surface area contributed by atoms with Crippen LogP contribution in [0, 0.1) is 11.3 Å². The highest BCUT2D eigenvalue weighted by Crippen LogP contribution is 2.11. The van der Waals surface area contributed by atoms with Crippen LogP contribution in [-0.4, -0.2) is 11.7 Å². The Hall–Kier alpha value is -1.76. The molecule has 0 fully saturated rings. The summed E-state index contributed by atoms with van der Waals surface area (Å²) in [5, 5.41) is 8.71. The minimum absolute atomic E-state index is 0.0619. The first-order valence-electron chi connectivity index (χ1n) is 3.92. The Kier molecular flexibility index (Phi) is 2.70. The molecule has 1 rings (SSSR count). The van der Waals surface area contributed by atoms with Gasteiger partial charge in [-0.3, -0.25) is 4.79 Å². The molecule has 1 heterocycles. The zero-order valence-corrected chi connectivity index (χ0v) is 7.57. The van der Waals surface area contributed by atoms with E-state index in [1.54, 1.807) is 12.3 Å². The first kappa shape index (κ1) is 9.33. The van der Waals surface area contributed by atoms with Crippen LogP contribution in [0.25, 0.3) is 0 Å². The number of pyridine rings is 1. The van der Waals surface area contributed by atoms with Crippen LogP contribution in [-0.2, 0) is 6.54 Å². The van der Waals surface area contributed by atoms with E-state index in [0.29, 0.717) is 12.3 Å². The van der Waals surface area contributed by atoms with Crippen molar-refractivity contribution < 1.29 is 4.74 Å². The first-order chi connectivity index (χ1) is 6.24. The highest BCUT2D eigenvalue weighted by molar-refractivity contribution is 5.40. The summed E-state index contributed by atoms with van der Waals surface area (Å²) in [6, 6.07) is 3.45. The summed E-state index contributed by atoms with van der Waals surface area (Å²) in [7, 11) is 1.44. The van der Waals surface area contributed by atoms with Crippen molar-refractivity contribution in [2.75, 3.05) is 7.11 Å². The van der Waals surface area contributed by atoms with Crippen molar-refractivity contribution in [2.24, 2.45) is 0 Å². The molecule has 0 spiro atoms. The molecule has 0 aliphatic heterocycles. The van der Waals surface area contributed by atoms with Crippen molar-refractivity contribution in [2.45, 2.75) is 13.5 Å². The Morgan fingerprint density at radius 1 is 1.69 bits per heavy atom. The second kappa shape index (κ2) is 3.76. The fourth-order valence-corrected chi connectivity index (χ4v) is 1.08. The largest absolute Gasteiger partial charge is 0.495 e. The van der Waals surface area contributed by atoms with E-state index in [-0.39, 0.29) is 11.1 Å². The van der Waals surface area contributed by atoms with Crippen LogP contribution in [0.2, 0.25) is 0 Å². The molecule has 13 heavy (non-hydrogen) atoms. The molecule has 0 aromatic carbocycles. The lowest BCUT2D eigenvalue weighted by molar-refractivity contribution is 0.410. The van der Waals surface area contributed by atoms with E-state index in [1.165, 1.54) is 11.7 Å². The van der Waals surface area contributed by atoms with Crippen LogP contribution in [0.15, 0.2) is 17.1 Å². The maximum Gasteiger partial charge on any atom is 0.272 e. The molecule has 0 aliphatic rings. The average molecular weight is 178 g/mol. The standard InChI is InChI=1S/C9H10N2O2/c1-3-11-5-4-8(13-2)7(6-10)9(11)12/h4-5H,3H2,1-2H3. The Morgan fingerprint density at radius 3 is 2.85 bits per heavy atom. The number of ether oxygens (including phenoxy) is 1. The smallest absolute Gasteiger partial charge is 0.272 e. The monoisotopic (exact) mass is 178 g/mol. The van der Waals surface area contributed by atoms with Gasteiger partial charge in [0.05, 0.1) is 7.11 Å². The molecule has 4 nitrogen and oxygen atoms in total. The van der Waals surface area contributed by atoms with Gasteiger partial charge >= 0.3 is 0 Å². The minimum atomic E-state index is -0.302. The van der Waals surface area contributed by atoms with E-state index in [0.717, 1.165) is 0 Å². The zero-order valence-electron chi connectivity index (χ0n) is 7.57. The van der Waals surface area contributed by atoms with E-state index in [2.05, 4.69) is 0 Å². The van der Waals surface area contributed by atoms with Crippen molar-refractivity contribution in [3.63, 3.8) is 0 Å². The molecule has 4 heteroatoms. The van der Waals surface area contributed by atoms with Gasteiger partial charge in [-0.2, -0.15) is 5.26 Å². The number of hydrogen-bond acceptors (Lipinski definition) is 3. The van der Waals surface area contributed by atoms with Crippen molar-refractivity contribution in [1.82, 2.24) is 4.57 Å². The van der Waals surface area contributed by atoms with Crippen LogP contribution in [0.4, 0.5) is 0 Å². The van der Waals surface area contributed by atoms with E-state index < -0.39 is 0 Å². The number of hydrogen-bond donors (Lipinski definition) is 0. The molecule has 1 aromatic rings. The molecule has 0 saturated carbocycles. The number of nitrogens with zero attached hydrogens (tertiary/aromatic N) is 2. The van der Waals surface area contributed by atoms with E-state index in [9.17, 15) is 4.79 Å². The van der Waals surface area contributed by atoms with Crippen LogP contribution in [0.5, 0.6) is 5.75 Å². The van der Waals surface area contributed by atoms with Crippen LogP contribution in [0.3, 0.4) is 0 Å². The third kappa shape index (κ3) is 1.54. The maximum absolute atomic E-state index is 11.5. The Balaban J connectivity index is 3.43. The molecule has 0 radical (unpaired) electrons. The topological polar surface area (TPSA) is 55.0 Å². The molecule has 0 atom stereocenters.